The Morgan fingerprint density at radius 1 is 0.722 bits per heavy atom. The predicted octanol–water partition coefficient (Wildman–Crippen LogP) is -3.74. The number of phenols is 4. The quantitative estimate of drug-likeness (QED) is 0.103. The van der Waals surface area contributed by atoms with E-state index in [9.17, 15) is 76.3 Å². The summed E-state index contributed by atoms with van der Waals surface area (Å²) in [5.41, 5.74) is -5.19. The number of aliphatic hydroxyl groups is 9. The molecule has 0 bridgehead atoms. The molecule has 0 aliphatic carbocycles. The van der Waals surface area contributed by atoms with E-state index in [1.54, 1.807) is 0 Å². The van der Waals surface area contributed by atoms with E-state index in [-0.39, 0.29) is 5.56 Å². The molecule has 2 aromatic carbocycles. The van der Waals surface area contributed by atoms with Crippen LogP contribution in [-0.4, -0.2) is 170 Å². The van der Waals surface area contributed by atoms with Crippen molar-refractivity contribution in [1.82, 2.24) is 0 Å². The van der Waals surface area contributed by atoms with Crippen molar-refractivity contribution >= 4 is 11.0 Å². The third-order valence-electron chi connectivity index (χ3n) is 9.93. The van der Waals surface area contributed by atoms with Gasteiger partial charge in [0.15, 0.2) is 40.6 Å². The maximum atomic E-state index is 13.4. The summed E-state index contributed by atoms with van der Waals surface area (Å²) < 4.78 is 33.9. The molecule has 3 aliphatic heterocycles. The minimum Gasteiger partial charge on any atom is -0.504 e. The highest BCUT2D eigenvalue weighted by molar-refractivity contribution is 5.91. The summed E-state index contributed by atoms with van der Waals surface area (Å²) in [7, 11) is 0. The van der Waals surface area contributed by atoms with Gasteiger partial charge in [-0.15, -0.1) is 0 Å². The fourth-order valence-electron chi connectivity index (χ4n) is 6.79. The van der Waals surface area contributed by atoms with Crippen LogP contribution in [0.2, 0.25) is 0 Å². The lowest BCUT2D eigenvalue weighted by molar-refractivity contribution is -0.402. The third-order valence-corrected chi connectivity index (χ3v) is 9.93. The fraction of sp³-hybridized carbons (Fsp3) is 0.545. The van der Waals surface area contributed by atoms with Crippen molar-refractivity contribution < 1.29 is 99.6 Å². The molecule has 3 saturated heterocycles. The Hall–Kier alpha value is -4.07. The molecule has 298 valence electrons. The Balaban J connectivity index is 1.48. The smallest absolute Gasteiger partial charge is 0.238 e. The Kier molecular flexibility index (Phi) is 10.7. The summed E-state index contributed by atoms with van der Waals surface area (Å²) in [5.74, 6) is -6.20. The van der Waals surface area contributed by atoms with Crippen LogP contribution in [0.4, 0.5) is 0 Å². The van der Waals surface area contributed by atoms with Gasteiger partial charge < -0.3 is 99.6 Å². The fourth-order valence-corrected chi connectivity index (χ4v) is 6.79. The monoisotopic (exact) mass is 772 g/mol. The van der Waals surface area contributed by atoms with Gasteiger partial charge >= 0.3 is 0 Å². The normalized spacial score (nSPS) is 38.7. The summed E-state index contributed by atoms with van der Waals surface area (Å²) in [6, 6.07) is 3.88. The number of benzene rings is 2. The van der Waals surface area contributed by atoms with Crippen LogP contribution in [0, 0.1) is 0 Å². The van der Waals surface area contributed by atoms with E-state index < -0.39 is 155 Å². The van der Waals surface area contributed by atoms with Crippen molar-refractivity contribution in [1.29, 1.82) is 0 Å². The SMILES string of the molecule is C[C@H]1O[C@H](O[C@H]2[C@H](O)[C@@H](CO)O[C@@H](Oc3c(O)cc4oc(-c5ccc(O)c(O)c5)c(O)c(=O)c4c3O)[C@@]2(O)C2O[C@H](C)[C@@H](O)[C@H](O)[C@@H]2O)[C@@H](O)[C@@H](O)[C@@H]1O. The van der Waals surface area contributed by atoms with Gasteiger partial charge in [0, 0.05) is 11.6 Å². The van der Waals surface area contributed by atoms with Crippen molar-refractivity contribution in [2.45, 2.75) is 105 Å². The molecule has 0 saturated carbocycles. The molecule has 3 fully saturated rings. The standard InChI is InChI=1S/C33H40O21/c1-8-17(38)22(43)25(46)30(49-8)33(48)29(54-31-26(47)23(44)18(39)9(2)50-31)19(40)15(7-34)52-32(33)53-28-13(37)6-14-16(21(28)42)20(41)24(45)27(51-14)10-3-4-11(35)12(36)5-10/h3-6,8-9,15,17-19,22-23,25-26,29-32,34-40,42-48H,7H2,1-2H3/t8-,9-,15-,17-,18-,19-,22+,23+,25+,26+,29+,30?,31-,32+,33+/m1/s1. The van der Waals surface area contributed by atoms with Crippen molar-refractivity contribution in [2.24, 2.45) is 0 Å². The summed E-state index contributed by atoms with van der Waals surface area (Å²) in [6.45, 7) is 1.46. The molecule has 14 N–H and O–H groups in total. The van der Waals surface area contributed by atoms with E-state index in [2.05, 4.69) is 0 Å². The molecular weight excluding hydrogens is 732 g/mol. The Morgan fingerprint density at radius 2 is 1.35 bits per heavy atom. The number of hydrogen-bond acceptors (Lipinski definition) is 21. The zero-order valence-electron chi connectivity index (χ0n) is 28.2. The molecule has 3 aliphatic rings. The van der Waals surface area contributed by atoms with Crippen LogP contribution in [0.1, 0.15) is 13.8 Å². The maximum absolute atomic E-state index is 13.4. The van der Waals surface area contributed by atoms with Crippen molar-refractivity contribution in [2.75, 3.05) is 6.61 Å². The first-order valence-electron chi connectivity index (χ1n) is 16.5. The van der Waals surface area contributed by atoms with Crippen molar-refractivity contribution in [3.05, 3.63) is 34.5 Å². The van der Waals surface area contributed by atoms with Crippen molar-refractivity contribution in [3.63, 3.8) is 0 Å². The molecule has 21 heteroatoms. The largest absolute Gasteiger partial charge is 0.504 e. The summed E-state index contributed by atoms with van der Waals surface area (Å²) in [6.07, 6.45) is -27.1. The van der Waals surface area contributed by atoms with Crippen LogP contribution in [0.5, 0.6) is 34.5 Å². The molecular formula is C33H40O21. The average Bonchev–Trinajstić information content (AvgIpc) is 3.13. The van der Waals surface area contributed by atoms with Crippen LogP contribution in [-0.2, 0) is 18.9 Å². The lowest BCUT2D eigenvalue weighted by Gasteiger charge is -2.56. The maximum Gasteiger partial charge on any atom is 0.238 e. The van der Waals surface area contributed by atoms with E-state index in [1.807, 2.05) is 0 Å². The number of rotatable bonds is 7. The van der Waals surface area contributed by atoms with Gasteiger partial charge in [-0.25, -0.2) is 0 Å². The van der Waals surface area contributed by atoms with Gasteiger partial charge in [-0.05, 0) is 32.0 Å². The first-order valence-corrected chi connectivity index (χ1v) is 16.5. The molecule has 1 unspecified atom stereocenters. The summed E-state index contributed by atoms with van der Waals surface area (Å²) in [4.78, 5) is 13.4. The molecule has 0 spiro atoms. The number of aromatic hydroxyl groups is 5. The molecule has 6 rings (SSSR count). The van der Waals surface area contributed by atoms with Crippen LogP contribution < -0.4 is 10.2 Å². The molecule has 54 heavy (non-hydrogen) atoms. The van der Waals surface area contributed by atoms with Crippen molar-refractivity contribution in [3.8, 4) is 45.8 Å². The van der Waals surface area contributed by atoms with Gasteiger partial charge in [-0.2, -0.15) is 0 Å². The van der Waals surface area contributed by atoms with E-state index in [4.69, 9.17) is 28.1 Å². The topological polar surface area (TPSA) is 360 Å². The lowest BCUT2D eigenvalue weighted by atomic mass is 9.76. The van der Waals surface area contributed by atoms with E-state index in [0.717, 1.165) is 18.2 Å². The molecule has 15 atom stereocenters. The number of phenolic OH excluding ortho intramolecular Hbond substituents is 4. The minimum atomic E-state index is -3.20. The van der Waals surface area contributed by atoms with Gasteiger partial charge in [-0.3, -0.25) is 4.79 Å². The number of fused-ring (bicyclic) bond motifs is 1. The van der Waals surface area contributed by atoms with Gasteiger partial charge in [0.2, 0.25) is 23.2 Å². The van der Waals surface area contributed by atoms with Crippen LogP contribution >= 0.6 is 0 Å². The zero-order valence-corrected chi connectivity index (χ0v) is 28.2. The highest BCUT2D eigenvalue weighted by Crippen LogP contribution is 2.48. The number of aliphatic hydroxyl groups excluding tert-OH is 8. The predicted molar refractivity (Wildman–Crippen MR) is 173 cm³/mol. The Labute approximate surface area is 302 Å². The van der Waals surface area contributed by atoms with Gasteiger partial charge in [0.25, 0.3) is 0 Å². The highest BCUT2D eigenvalue weighted by atomic mass is 16.7. The third kappa shape index (κ3) is 6.35. The van der Waals surface area contributed by atoms with Crippen LogP contribution in [0.3, 0.4) is 0 Å². The molecule has 3 aromatic rings. The van der Waals surface area contributed by atoms with Crippen LogP contribution in [0.15, 0.2) is 33.5 Å². The second-order valence-corrected chi connectivity index (χ2v) is 13.4. The first-order chi connectivity index (χ1) is 25.3. The molecule has 4 heterocycles. The van der Waals surface area contributed by atoms with E-state index in [1.165, 1.54) is 19.9 Å². The Bertz CT molecular complexity index is 1920. The summed E-state index contributed by atoms with van der Waals surface area (Å²) >= 11 is 0. The number of hydrogen-bond donors (Lipinski definition) is 14. The minimum absolute atomic E-state index is 0.113. The van der Waals surface area contributed by atoms with Gasteiger partial charge in [-0.1, -0.05) is 0 Å². The first kappa shape index (κ1) is 39.6. The average molecular weight is 773 g/mol. The zero-order chi connectivity index (χ0) is 39.7. The number of ether oxygens (including phenoxy) is 5. The highest BCUT2D eigenvalue weighted by Gasteiger charge is 2.67. The summed E-state index contributed by atoms with van der Waals surface area (Å²) in [5, 5.41) is 150. The second kappa shape index (κ2) is 14.5. The van der Waals surface area contributed by atoms with Gasteiger partial charge in [0.05, 0.1) is 18.8 Å². The second-order valence-electron chi connectivity index (χ2n) is 13.4. The molecule has 21 nitrogen and oxygen atoms in total. The molecule has 0 amide bonds. The van der Waals surface area contributed by atoms with E-state index >= 15 is 0 Å². The lowest BCUT2D eigenvalue weighted by Crippen LogP contribution is -2.78. The molecule has 1 aromatic heterocycles. The van der Waals surface area contributed by atoms with Crippen LogP contribution in [0.25, 0.3) is 22.3 Å². The van der Waals surface area contributed by atoms with Gasteiger partial charge in [0.1, 0.15) is 72.0 Å². The molecule has 0 radical (unpaired) electrons. The van der Waals surface area contributed by atoms with E-state index in [0.29, 0.717) is 0 Å². The Morgan fingerprint density at radius 3 is 1.98 bits per heavy atom.